The van der Waals surface area contributed by atoms with Gasteiger partial charge in [-0.2, -0.15) is 0 Å². The minimum Gasteiger partial charge on any atom is -0.481 e. The van der Waals surface area contributed by atoms with E-state index in [9.17, 15) is 14.4 Å². The van der Waals surface area contributed by atoms with Crippen molar-refractivity contribution in [1.29, 1.82) is 0 Å². The van der Waals surface area contributed by atoms with E-state index in [2.05, 4.69) is 34.9 Å². The van der Waals surface area contributed by atoms with E-state index in [0.29, 0.717) is 6.61 Å². The van der Waals surface area contributed by atoms with Gasteiger partial charge in [0.2, 0.25) is 5.91 Å². The molecule has 33 heavy (non-hydrogen) atoms. The maximum absolute atomic E-state index is 12.4. The lowest BCUT2D eigenvalue weighted by Crippen LogP contribution is -2.40. The highest BCUT2D eigenvalue weighted by Crippen LogP contribution is 2.44. The zero-order valence-corrected chi connectivity index (χ0v) is 18.9. The number of carboxylic acid groups (broad SMARTS) is 1. The molecular formula is C25H30N2O6. The van der Waals surface area contributed by atoms with Gasteiger partial charge in [-0.15, -0.1) is 0 Å². The number of nitrogens with one attached hydrogen (secondary N) is 2. The number of alkyl carbamates (subject to hydrolysis) is 1. The molecule has 1 aliphatic carbocycles. The number of rotatable bonds is 11. The van der Waals surface area contributed by atoms with Crippen molar-refractivity contribution in [2.24, 2.45) is 0 Å². The summed E-state index contributed by atoms with van der Waals surface area (Å²) in [4.78, 5) is 35.3. The summed E-state index contributed by atoms with van der Waals surface area (Å²) in [5.41, 5.74) is 4.57. The topological polar surface area (TPSA) is 114 Å². The summed E-state index contributed by atoms with van der Waals surface area (Å²) >= 11 is 0. The highest BCUT2D eigenvalue weighted by atomic mass is 16.5. The van der Waals surface area contributed by atoms with Crippen molar-refractivity contribution >= 4 is 18.0 Å². The van der Waals surface area contributed by atoms with Gasteiger partial charge < -0.3 is 25.2 Å². The summed E-state index contributed by atoms with van der Waals surface area (Å²) in [5, 5.41) is 14.1. The Morgan fingerprint density at radius 2 is 1.61 bits per heavy atom. The molecule has 2 aromatic rings. The summed E-state index contributed by atoms with van der Waals surface area (Å²) in [6, 6.07) is 15.7. The molecule has 2 atom stereocenters. The van der Waals surface area contributed by atoms with Crippen LogP contribution < -0.4 is 10.6 Å². The van der Waals surface area contributed by atoms with Gasteiger partial charge in [-0.3, -0.25) is 9.59 Å². The van der Waals surface area contributed by atoms with Crippen molar-refractivity contribution in [1.82, 2.24) is 10.6 Å². The van der Waals surface area contributed by atoms with Gasteiger partial charge >= 0.3 is 12.1 Å². The lowest BCUT2D eigenvalue weighted by molar-refractivity contribution is -0.137. The first-order valence-corrected chi connectivity index (χ1v) is 11.1. The second-order valence-corrected chi connectivity index (χ2v) is 8.05. The highest BCUT2D eigenvalue weighted by Gasteiger charge is 2.29. The molecule has 0 saturated heterocycles. The van der Waals surface area contributed by atoms with Crippen molar-refractivity contribution in [2.45, 2.75) is 44.8 Å². The number of amides is 2. The fraction of sp³-hybridized carbons (Fsp3) is 0.400. The van der Waals surface area contributed by atoms with E-state index in [1.54, 1.807) is 13.8 Å². The van der Waals surface area contributed by atoms with Crippen LogP contribution in [0.15, 0.2) is 48.5 Å². The molecular weight excluding hydrogens is 424 g/mol. The van der Waals surface area contributed by atoms with E-state index in [1.807, 2.05) is 24.3 Å². The molecule has 0 radical (unpaired) electrons. The number of carbonyl (C=O) groups excluding carboxylic acids is 2. The van der Waals surface area contributed by atoms with Crippen LogP contribution in [-0.4, -0.2) is 55.0 Å². The quantitative estimate of drug-likeness (QED) is 0.480. The SMILES string of the molecule is CCOC(CNC(=O)OCC1c2ccccc2-c2ccccc21)CC(=O)N[C@H](C)CC(=O)O. The van der Waals surface area contributed by atoms with Crippen LogP contribution in [0.5, 0.6) is 0 Å². The molecule has 8 nitrogen and oxygen atoms in total. The number of carbonyl (C=O) groups is 3. The van der Waals surface area contributed by atoms with Crippen molar-refractivity contribution < 1.29 is 29.0 Å². The maximum Gasteiger partial charge on any atom is 0.407 e. The van der Waals surface area contributed by atoms with E-state index < -0.39 is 24.2 Å². The van der Waals surface area contributed by atoms with Crippen LogP contribution in [0.3, 0.4) is 0 Å². The molecule has 8 heteroatoms. The van der Waals surface area contributed by atoms with Gasteiger partial charge in [0.05, 0.1) is 18.9 Å². The molecule has 0 aromatic heterocycles. The predicted octanol–water partition coefficient (Wildman–Crippen LogP) is 3.30. The monoisotopic (exact) mass is 454 g/mol. The van der Waals surface area contributed by atoms with Gasteiger partial charge in [0.1, 0.15) is 6.61 Å². The molecule has 1 unspecified atom stereocenters. The summed E-state index contributed by atoms with van der Waals surface area (Å²) in [5.74, 6) is -1.36. The number of hydrogen-bond donors (Lipinski definition) is 3. The summed E-state index contributed by atoms with van der Waals surface area (Å²) in [7, 11) is 0. The predicted molar refractivity (Wildman–Crippen MR) is 123 cm³/mol. The molecule has 0 fully saturated rings. The first-order valence-electron chi connectivity index (χ1n) is 11.1. The average Bonchev–Trinajstić information content (AvgIpc) is 3.09. The summed E-state index contributed by atoms with van der Waals surface area (Å²) < 4.78 is 11.1. The smallest absolute Gasteiger partial charge is 0.407 e. The molecule has 2 aromatic carbocycles. The number of benzene rings is 2. The van der Waals surface area contributed by atoms with E-state index in [0.717, 1.165) is 22.3 Å². The summed E-state index contributed by atoms with van der Waals surface area (Å²) in [6.45, 7) is 4.09. The van der Waals surface area contributed by atoms with E-state index in [4.69, 9.17) is 14.6 Å². The van der Waals surface area contributed by atoms with Gasteiger partial charge in [-0.1, -0.05) is 48.5 Å². The third-order valence-electron chi connectivity index (χ3n) is 5.52. The second-order valence-electron chi connectivity index (χ2n) is 8.05. The first kappa shape index (κ1) is 24.3. The Kier molecular flexibility index (Phi) is 8.43. The average molecular weight is 455 g/mol. The van der Waals surface area contributed by atoms with Crippen molar-refractivity contribution in [2.75, 3.05) is 19.8 Å². The van der Waals surface area contributed by atoms with Crippen LogP contribution in [0, 0.1) is 0 Å². The number of hydrogen-bond acceptors (Lipinski definition) is 5. The Morgan fingerprint density at radius 3 is 2.18 bits per heavy atom. The lowest BCUT2D eigenvalue weighted by Gasteiger charge is -2.19. The fourth-order valence-electron chi connectivity index (χ4n) is 4.13. The van der Waals surface area contributed by atoms with Crippen molar-refractivity contribution in [3.05, 3.63) is 59.7 Å². The van der Waals surface area contributed by atoms with Crippen LogP contribution in [-0.2, 0) is 19.1 Å². The van der Waals surface area contributed by atoms with Crippen LogP contribution in [0.1, 0.15) is 43.7 Å². The number of aliphatic carboxylic acids is 1. The Bertz CT molecular complexity index is 947. The van der Waals surface area contributed by atoms with Gasteiger partial charge in [-0.05, 0) is 36.1 Å². The minimum atomic E-state index is -0.985. The van der Waals surface area contributed by atoms with Crippen molar-refractivity contribution in [3.63, 3.8) is 0 Å². The molecule has 3 N–H and O–H groups in total. The third-order valence-corrected chi connectivity index (χ3v) is 5.52. The molecule has 0 aliphatic heterocycles. The van der Waals surface area contributed by atoms with Gasteiger partial charge in [0, 0.05) is 25.1 Å². The van der Waals surface area contributed by atoms with Crippen LogP contribution in [0.4, 0.5) is 4.79 Å². The van der Waals surface area contributed by atoms with E-state index in [1.165, 1.54) is 0 Å². The fourth-order valence-corrected chi connectivity index (χ4v) is 4.13. The molecule has 0 spiro atoms. The van der Waals surface area contributed by atoms with Gasteiger partial charge in [-0.25, -0.2) is 4.79 Å². The van der Waals surface area contributed by atoms with Crippen LogP contribution in [0.25, 0.3) is 11.1 Å². The largest absolute Gasteiger partial charge is 0.481 e. The number of fused-ring (bicyclic) bond motifs is 3. The Morgan fingerprint density at radius 1 is 1.00 bits per heavy atom. The molecule has 176 valence electrons. The standard InChI is InChI=1S/C25H30N2O6/c1-3-32-17(13-23(28)27-16(2)12-24(29)30)14-26-25(31)33-15-22-20-10-6-4-8-18(20)19-9-5-7-11-21(19)22/h4-11,16-17,22H,3,12-15H2,1-2H3,(H,26,31)(H,27,28)(H,29,30)/t16-,17?/m1/s1. The van der Waals surface area contributed by atoms with E-state index >= 15 is 0 Å². The Labute approximate surface area is 193 Å². The number of ether oxygens (including phenoxy) is 2. The molecule has 3 rings (SSSR count). The third kappa shape index (κ3) is 6.55. The van der Waals surface area contributed by atoms with Crippen LogP contribution >= 0.6 is 0 Å². The van der Waals surface area contributed by atoms with Gasteiger partial charge in [0.15, 0.2) is 0 Å². The molecule has 0 heterocycles. The number of carboxylic acids is 1. The van der Waals surface area contributed by atoms with Crippen LogP contribution in [0.2, 0.25) is 0 Å². The first-order chi connectivity index (χ1) is 15.9. The minimum absolute atomic E-state index is 0.00144. The zero-order chi connectivity index (χ0) is 23.8. The highest BCUT2D eigenvalue weighted by molar-refractivity contribution is 5.79. The summed E-state index contributed by atoms with van der Waals surface area (Å²) in [6.07, 6.45) is -1.29. The lowest BCUT2D eigenvalue weighted by atomic mass is 9.98. The molecule has 1 aliphatic rings. The maximum atomic E-state index is 12.4. The molecule has 0 saturated carbocycles. The normalized spacial score (nSPS) is 14.0. The Hall–Kier alpha value is -3.39. The Balaban J connectivity index is 1.51. The van der Waals surface area contributed by atoms with E-state index in [-0.39, 0.29) is 37.8 Å². The van der Waals surface area contributed by atoms with Crippen molar-refractivity contribution in [3.8, 4) is 11.1 Å². The second kappa shape index (κ2) is 11.5. The molecule has 0 bridgehead atoms. The zero-order valence-electron chi connectivity index (χ0n) is 18.9. The molecule has 2 amide bonds. The van der Waals surface area contributed by atoms with Gasteiger partial charge in [0.25, 0.3) is 0 Å².